The number of hydrogen-bond donors (Lipinski definition) is 1. The lowest BCUT2D eigenvalue weighted by atomic mass is 9.93. The van der Waals surface area contributed by atoms with Gasteiger partial charge in [0.25, 0.3) is 0 Å². The van der Waals surface area contributed by atoms with Gasteiger partial charge in [0, 0.05) is 17.4 Å². The fraction of sp³-hybridized carbons (Fsp3) is 0.167. The van der Waals surface area contributed by atoms with Gasteiger partial charge in [-0.05, 0) is 12.5 Å². The zero-order valence-electron chi connectivity index (χ0n) is 11.9. The molecule has 1 heterocycles. The van der Waals surface area contributed by atoms with E-state index in [1.54, 1.807) is 11.3 Å². The first-order valence-corrected chi connectivity index (χ1v) is 7.81. The van der Waals surface area contributed by atoms with Gasteiger partial charge in [0.2, 0.25) is 0 Å². The summed E-state index contributed by atoms with van der Waals surface area (Å²) < 4.78 is 0. The van der Waals surface area contributed by atoms with Gasteiger partial charge in [-0.25, -0.2) is 4.98 Å². The molecule has 3 heteroatoms. The molecule has 0 saturated carbocycles. The van der Waals surface area contributed by atoms with E-state index in [9.17, 15) is 5.11 Å². The molecule has 1 unspecified atom stereocenters. The highest BCUT2D eigenvalue weighted by Gasteiger charge is 2.24. The number of aliphatic hydroxyl groups is 1. The summed E-state index contributed by atoms with van der Waals surface area (Å²) in [7, 11) is 0. The molecule has 3 rings (SSSR count). The van der Waals surface area contributed by atoms with Gasteiger partial charge in [-0.1, -0.05) is 60.7 Å². The summed E-state index contributed by atoms with van der Waals surface area (Å²) in [6, 6.07) is 19.9. The van der Waals surface area contributed by atoms with Gasteiger partial charge in [0.05, 0.1) is 16.3 Å². The summed E-state index contributed by atoms with van der Waals surface area (Å²) in [6.45, 7) is 1.84. The van der Waals surface area contributed by atoms with E-state index in [1.807, 2.05) is 73.0 Å². The second kappa shape index (κ2) is 5.80. The van der Waals surface area contributed by atoms with Crippen molar-refractivity contribution >= 4 is 11.3 Å². The van der Waals surface area contributed by atoms with Crippen molar-refractivity contribution < 1.29 is 5.11 Å². The normalized spacial score (nSPS) is 13.8. The summed E-state index contributed by atoms with van der Waals surface area (Å²) in [4.78, 5) is 4.65. The number of thiazole rings is 1. The van der Waals surface area contributed by atoms with E-state index in [4.69, 9.17) is 0 Å². The van der Waals surface area contributed by atoms with E-state index in [1.165, 1.54) is 0 Å². The molecular weight excluding hydrogens is 278 g/mol. The van der Waals surface area contributed by atoms with Crippen molar-refractivity contribution in [3.05, 3.63) is 76.6 Å². The Morgan fingerprint density at radius 3 is 2.29 bits per heavy atom. The molecule has 0 bridgehead atoms. The highest BCUT2D eigenvalue weighted by atomic mass is 32.1. The molecule has 0 amide bonds. The van der Waals surface area contributed by atoms with Gasteiger partial charge in [-0.15, -0.1) is 11.3 Å². The van der Waals surface area contributed by atoms with Crippen LogP contribution in [0.25, 0.3) is 11.3 Å². The average Bonchev–Trinajstić information content (AvgIpc) is 2.97. The maximum absolute atomic E-state index is 10.7. The number of rotatable bonds is 4. The van der Waals surface area contributed by atoms with E-state index in [2.05, 4.69) is 4.98 Å². The smallest absolute Gasteiger partial charge is 0.0964 e. The summed E-state index contributed by atoms with van der Waals surface area (Å²) >= 11 is 1.59. The first-order valence-electron chi connectivity index (χ1n) is 6.93. The third-order valence-electron chi connectivity index (χ3n) is 3.51. The van der Waals surface area contributed by atoms with Crippen LogP contribution in [0.15, 0.2) is 66.0 Å². The van der Waals surface area contributed by atoms with E-state index in [0.29, 0.717) is 6.42 Å². The molecule has 106 valence electrons. The van der Waals surface area contributed by atoms with Crippen LogP contribution in [0, 0.1) is 0 Å². The summed E-state index contributed by atoms with van der Waals surface area (Å²) in [5.41, 5.74) is 2.10. The summed E-state index contributed by atoms with van der Waals surface area (Å²) in [5, 5.41) is 13.7. The number of aromatic nitrogens is 1. The maximum atomic E-state index is 10.7. The molecule has 1 N–H and O–H groups in total. The lowest BCUT2D eigenvalue weighted by Gasteiger charge is -2.22. The van der Waals surface area contributed by atoms with Gasteiger partial charge in [-0.2, -0.15) is 0 Å². The Morgan fingerprint density at radius 2 is 1.62 bits per heavy atom. The minimum atomic E-state index is -0.896. The average molecular weight is 295 g/mol. The van der Waals surface area contributed by atoms with Crippen LogP contribution in [0.2, 0.25) is 0 Å². The second-order valence-corrected chi connectivity index (χ2v) is 6.25. The third-order valence-corrected chi connectivity index (χ3v) is 4.36. The van der Waals surface area contributed by atoms with Crippen molar-refractivity contribution in [3.63, 3.8) is 0 Å². The lowest BCUT2D eigenvalue weighted by molar-refractivity contribution is 0.0576. The quantitative estimate of drug-likeness (QED) is 0.780. The fourth-order valence-electron chi connectivity index (χ4n) is 2.33. The molecule has 21 heavy (non-hydrogen) atoms. The Labute approximate surface area is 128 Å². The molecule has 0 fully saturated rings. The van der Waals surface area contributed by atoms with Crippen LogP contribution in [0.5, 0.6) is 0 Å². The zero-order chi connectivity index (χ0) is 14.7. The molecule has 0 spiro atoms. The molecule has 2 aromatic carbocycles. The Kier molecular flexibility index (Phi) is 3.86. The van der Waals surface area contributed by atoms with Crippen LogP contribution in [-0.4, -0.2) is 10.1 Å². The van der Waals surface area contributed by atoms with Crippen LogP contribution in [-0.2, 0) is 12.0 Å². The molecule has 0 aliphatic carbocycles. The lowest BCUT2D eigenvalue weighted by Crippen LogP contribution is -2.24. The topological polar surface area (TPSA) is 33.1 Å². The fourth-order valence-corrected chi connectivity index (χ4v) is 3.28. The zero-order valence-corrected chi connectivity index (χ0v) is 12.7. The van der Waals surface area contributed by atoms with Gasteiger partial charge >= 0.3 is 0 Å². The van der Waals surface area contributed by atoms with Crippen molar-refractivity contribution in [2.75, 3.05) is 0 Å². The van der Waals surface area contributed by atoms with Gasteiger partial charge in [0.1, 0.15) is 0 Å². The van der Waals surface area contributed by atoms with E-state index in [-0.39, 0.29) is 0 Å². The second-order valence-electron chi connectivity index (χ2n) is 5.31. The van der Waals surface area contributed by atoms with Crippen LogP contribution in [0.3, 0.4) is 0 Å². The minimum absolute atomic E-state index is 0.522. The van der Waals surface area contributed by atoms with Crippen molar-refractivity contribution in [1.29, 1.82) is 0 Å². The molecule has 0 aliphatic heterocycles. The first kappa shape index (κ1) is 14.0. The Balaban J connectivity index is 1.82. The molecule has 0 aliphatic rings. The predicted molar refractivity (Wildman–Crippen MR) is 87.3 cm³/mol. The van der Waals surface area contributed by atoms with Crippen LogP contribution >= 0.6 is 11.3 Å². The largest absolute Gasteiger partial charge is 0.385 e. The summed E-state index contributed by atoms with van der Waals surface area (Å²) in [5.74, 6) is 0. The molecule has 2 nitrogen and oxygen atoms in total. The van der Waals surface area contributed by atoms with E-state index < -0.39 is 5.60 Å². The van der Waals surface area contributed by atoms with Crippen molar-refractivity contribution in [1.82, 2.24) is 4.98 Å². The third kappa shape index (κ3) is 3.20. The molecule has 3 aromatic rings. The van der Waals surface area contributed by atoms with Crippen molar-refractivity contribution in [2.45, 2.75) is 18.9 Å². The standard InChI is InChI=1S/C18H17NOS/c1-18(20,15-10-6-3-7-11-15)12-17-19-16(13-21-17)14-8-4-2-5-9-14/h2-11,13,20H,12H2,1H3. The molecule has 0 radical (unpaired) electrons. The van der Waals surface area contributed by atoms with Gasteiger partial charge in [-0.3, -0.25) is 0 Å². The summed E-state index contributed by atoms with van der Waals surface area (Å²) in [6.07, 6.45) is 0.522. The van der Waals surface area contributed by atoms with Crippen LogP contribution < -0.4 is 0 Å². The molecule has 1 aromatic heterocycles. The van der Waals surface area contributed by atoms with Gasteiger partial charge < -0.3 is 5.11 Å². The SMILES string of the molecule is CC(O)(Cc1nc(-c2ccccc2)cs1)c1ccccc1. The monoisotopic (exact) mass is 295 g/mol. The Hall–Kier alpha value is -1.97. The van der Waals surface area contributed by atoms with Crippen molar-refractivity contribution in [2.24, 2.45) is 0 Å². The molecular formula is C18H17NOS. The Bertz CT molecular complexity index is 704. The van der Waals surface area contributed by atoms with Crippen LogP contribution in [0.4, 0.5) is 0 Å². The maximum Gasteiger partial charge on any atom is 0.0964 e. The van der Waals surface area contributed by atoms with E-state index in [0.717, 1.165) is 21.8 Å². The highest BCUT2D eigenvalue weighted by Crippen LogP contribution is 2.29. The first-order chi connectivity index (χ1) is 10.1. The number of nitrogens with zero attached hydrogens (tertiary/aromatic N) is 1. The van der Waals surface area contributed by atoms with Crippen LogP contribution in [0.1, 0.15) is 17.5 Å². The van der Waals surface area contributed by atoms with E-state index >= 15 is 0 Å². The molecule has 0 saturated heterocycles. The van der Waals surface area contributed by atoms with Gasteiger partial charge in [0.15, 0.2) is 0 Å². The number of benzene rings is 2. The highest BCUT2D eigenvalue weighted by molar-refractivity contribution is 7.09. The van der Waals surface area contributed by atoms with Crippen molar-refractivity contribution in [3.8, 4) is 11.3 Å². The number of hydrogen-bond acceptors (Lipinski definition) is 3. The minimum Gasteiger partial charge on any atom is -0.385 e. The molecule has 1 atom stereocenters. The predicted octanol–water partition coefficient (Wildman–Crippen LogP) is 4.26. The Morgan fingerprint density at radius 1 is 1.00 bits per heavy atom.